The third kappa shape index (κ3) is 1.80. The lowest BCUT2D eigenvalue weighted by atomic mass is 10.1. The second kappa shape index (κ2) is 3.86. The number of aliphatic hydroxyl groups is 1. The lowest BCUT2D eigenvalue weighted by molar-refractivity contribution is 0.0688. The number of aliphatic hydroxyl groups excluding tert-OH is 1. The molecule has 0 spiro atoms. The normalized spacial score (nSPS) is 19.4. The van der Waals surface area contributed by atoms with Crippen LogP contribution in [-0.4, -0.2) is 37.3 Å². The first kappa shape index (κ1) is 11.1. The Balaban J connectivity index is 2.41. The molecule has 0 saturated heterocycles. The molecule has 6 heteroatoms. The van der Waals surface area contributed by atoms with Gasteiger partial charge in [-0.1, -0.05) is 5.21 Å². The summed E-state index contributed by atoms with van der Waals surface area (Å²) in [4.78, 5) is 11.0. The fourth-order valence-electron chi connectivity index (χ4n) is 1.70. The van der Waals surface area contributed by atoms with Gasteiger partial charge in [0, 0.05) is 5.92 Å². The maximum absolute atomic E-state index is 11.0. The maximum Gasteiger partial charge on any atom is 0.358 e. The average molecular weight is 225 g/mol. The lowest BCUT2D eigenvalue weighted by Gasteiger charge is -2.17. The highest BCUT2D eigenvalue weighted by molar-refractivity contribution is 5.86. The molecule has 88 valence electrons. The molecule has 1 aliphatic carbocycles. The van der Waals surface area contributed by atoms with Crippen LogP contribution in [0.25, 0.3) is 0 Å². The molecular weight excluding hydrogens is 210 g/mol. The number of hydrogen-bond acceptors (Lipinski definition) is 4. The van der Waals surface area contributed by atoms with Crippen LogP contribution in [0.1, 0.15) is 54.8 Å². The molecule has 2 unspecified atom stereocenters. The second-order valence-corrected chi connectivity index (χ2v) is 4.33. The van der Waals surface area contributed by atoms with Crippen LogP contribution in [0.15, 0.2) is 0 Å². The number of carboxylic acids is 1. The van der Waals surface area contributed by atoms with E-state index in [9.17, 15) is 9.90 Å². The van der Waals surface area contributed by atoms with Crippen LogP contribution in [0.2, 0.25) is 0 Å². The van der Waals surface area contributed by atoms with E-state index >= 15 is 0 Å². The molecule has 6 nitrogen and oxygen atoms in total. The largest absolute Gasteiger partial charge is 0.476 e. The molecule has 1 heterocycles. The Morgan fingerprint density at radius 2 is 2.12 bits per heavy atom. The molecule has 1 aromatic rings. The van der Waals surface area contributed by atoms with Crippen LogP contribution in [-0.2, 0) is 0 Å². The molecule has 0 aliphatic heterocycles. The Bertz CT molecular complexity index is 409. The van der Waals surface area contributed by atoms with E-state index in [0.29, 0.717) is 5.69 Å². The minimum absolute atomic E-state index is 0.0231. The molecule has 0 bridgehead atoms. The average Bonchev–Trinajstić information content (AvgIpc) is 2.95. The summed E-state index contributed by atoms with van der Waals surface area (Å²) >= 11 is 0. The molecule has 2 N–H and O–H groups in total. The molecule has 0 amide bonds. The molecule has 1 fully saturated rings. The van der Waals surface area contributed by atoms with Crippen molar-refractivity contribution in [1.29, 1.82) is 0 Å². The van der Waals surface area contributed by atoms with E-state index in [2.05, 4.69) is 10.3 Å². The Labute approximate surface area is 92.9 Å². The molecule has 2 atom stereocenters. The number of aromatic nitrogens is 3. The van der Waals surface area contributed by atoms with Gasteiger partial charge in [0.1, 0.15) is 0 Å². The molecule has 2 rings (SSSR count). The van der Waals surface area contributed by atoms with E-state index < -0.39 is 12.1 Å². The van der Waals surface area contributed by atoms with Gasteiger partial charge in [-0.2, -0.15) is 0 Å². The van der Waals surface area contributed by atoms with E-state index in [1.807, 2.05) is 0 Å². The van der Waals surface area contributed by atoms with Crippen LogP contribution in [0, 0.1) is 0 Å². The minimum Gasteiger partial charge on any atom is -0.476 e. The predicted molar refractivity (Wildman–Crippen MR) is 55.3 cm³/mol. The monoisotopic (exact) mass is 225 g/mol. The van der Waals surface area contributed by atoms with E-state index in [4.69, 9.17) is 5.11 Å². The highest BCUT2D eigenvalue weighted by Crippen LogP contribution is 2.42. The van der Waals surface area contributed by atoms with Gasteiger partial charge in [0.05, 0.1) is 17.8 Å². The first-order valence-electron chi connectivity index (χ1n) is 5.38. The topological polar surface area (TPSA) is 88.2 Å². The van der Waals surface area contributed by atoms with Crippen molar-refractivity contribution >= 4 is 5.97 Å². The van der Waals surface area contributed by atoms with Gasteiger partial charge in [-0.15, -0.1) is 5.10 Å². The minimum atomic E-state index is -1.05. The van der Waals surface area contributed by atoms with Crippen LogP contribution in [0.5, 0.6) is 0 Å². The first-order valence-corrected chi connectivity index (χ1v) is 5.38. The van der Waals surface area contributed by atoms with Gasteiger partial charge in [-0.3, -0.25) is 0 Å². The van der Waals surface area contributed by atoms with Crippen LogP contribution in [0.3, 0.4) is 0 Å². The van der Waals surface area contributed by atoms with Gasteiger partial charge in [0.2, 0.25) is 0 Å². The Morgan fingerprint density at radius 3 is 2.56 bits per heavy atom. The van der Waals surface area contributed by atoms with Crippen molar-refractivity contribution in [2.24, 2.45) is 0 Å². The second-order valence-electron chi connectivity index (χ2n) is 4.33. The summed E-state index contributed by atoms with van der Waals surface area (Å²) in [5, 5.41) is 26.0. The highest BCUT2D eigenvalue weighted by Gasteiger charge is 2.35. The zero-order valence-corrected chi connectivity index (χ0v) is 9.29. The SMILES string of the molecule is CC(O)C(C)n1nnc(C(=O)O)c1C1CC1. The van der Waals surface area contributed by atoms with Crippen molar-refractivity contribution in [1.82, 2.24) is 15.0 Å². The zero-order chi connectivity index (χ0) is 11.9. The first-order chi connectivity index (χ1) is 7.52. The fourth-order valence-corrected chi connectivity index (χ4v) is 1.70. The third-order valence-electron chi connectivity index (χ3n) is 2.98. The van der Waals surface area contributed by atoms with Gasteiger partial charge in [0.15, 0.2) is 5.69 Å². The molecule has 1 saturated carbocycles. The molecule has 1 aromatic heterocycles. The number of rotatable bonds is 4. The van der Waals surface area contributed by atoms with Crippen molar-refractivity contribution in [3.05, 3.63) is 11.4 Å². The van der Waals surface area contributed by atoms with Crippen molar-refractivity contribution in [3.8, 4) is 0 Å². The van der Waals surface area contributed by atoms with Crippen LogP contribution >= 0.6 is 0 Å². The molecule has 0 aromatic carbocycles. The number of nitrogens with zero attached hydrogens (tertiary/aromatic N) is 3. The Hall–Kier alpha value is -1.43. The third-order valence-corrected chi connectivity index (χ3v) is 2.98. The molecular formula is C10H15N3O3. The van der Waals surface area contributed by atoms with Crippen molar-refractivity contribution in [3.63, 3.8) is 0 Å². The fraction of sp³-hybridized carbons (Fsp3) is 0.700. The van der Waals surface area contributed by atoms with Crippen molar-refractivity contribution in [2.75, 3.05) is 0 Å². The van der Waals surface area contributed by atoms with Gasteiger partial charge in [-0.25, -0.2) is 9.48 Å². The lowest BCUT2D eigenvalue weighted by Crippen LogP contribution is -2.21. The highest BCUT2D eigenvalue weighted by atomic mass is 16.4. The van der Waals surface area contributed by atoms with Crippen molar-refractivity contribution in [2.45, 2.75) is 44.8 Å². The summed E-state index contributed by atoms with van der Waals surface area (Å²) in [6, 6.07) is -0.254. The number of aromatic carboxylic acids is 1. The summed E-state index contributed by atoms with van der Waals surface area (Å²) < 4.78 is 1.55. The summed E-state index contributed by atoms with van der Waals surface area (Å²) in [7, 11) is 0. The summed E-state index contributed by atoms with van der Waals surface area (Å²) in [5.74, 6) is -0.812. The van der Waals surface area contributed by atoms with Gasteiger partial charge in [-0.05, 0) is 26.7 Å². The molecule has 16 heavy (non-hydrogen) atoms. The summed E-state index contributed by atoms with van der Waals surface area (Å²) in [6.45, 7) is 3.46. The smallest absolute Gasteiger partial charge is 0.358 e. The van der Waals surface area contributed by atoms with Gasteiger partial charge < -0.3 is 10.2 Å². The van der Waals surface area contributed by atoms with E-state index in [1.165, 1.54) is 0 Å². The van der Waals surface area contributed by atoms with Crippen LogP contribution in [0.4, 0.5) is 0 Å². The number of carboxylic acid groups (broad SMARTS) is 1. The molecule has 1 aliphatic rings. The molecule has 0 radical (unpaired) electrons. The van der Waals surface area contributed by atoms with Crippen LogP contribution < -0.4 is 0 Å². The van der Waals surface area contributed by atoms with E-state index in [0.717, 1.165) is 12.8 Å². The van der Waals surface area contributed by atoms with Crippen molar-refractivity contribution < 1.29 is 15.0 Å². The van der Waals surface area contributed by atoms with Gasteiger partial charge >= 0.3 is 5.97 Å². The quantitative estimate of drug-likeness (QED) is 0.791. The standard InChI is InChI=1S/C10H15N3O3/c1-5(6(2)14)13-9(7-3-4-7)8(10(15)16)11-12-13/h5-7,14H,3-4H2,1-2H3,(H,15,16). The number of carbonyl (C=O) groups is 1. The summed E-state index contributed by atoms with van der Waals surface area (Å²) in [6.07, 6.45) is 1.36. The Kier molecular flexibility index (Phi) is 2.67. The Morgan fingerprint density at radius 1 is 1.50 bits per heavy atom. The zero-order valence-electron chi connectivity index (χ0n) is 9.29. The van der Waals surface area contributed by atoms with Gasteiger partial charge in [0.25, 0.3) is 0 Å². The summed E-state index contributed by atoms with van der Waals surface area (Å²) in [5.41, 5.74) is 0.677. The maximum atomic E-state index is 11.0. The van der Waals surface area contributed by atoms with E-state index in [1.54, 1.807) is 18.5 Å². The van der Waals surface area contributed by atoms with E-state index in [-0.39, 0.29) is 17.7 Å². The predicted octanol–water partition coefficient (Wildman–Crippen LogP) is 0.796. The number of hydrogen-bond donors (Lipinski definition) is 2.